The van der Waals surface area contributed by atoms with E-state index in [1.807, 2.05) is 12.3 Å². The lowest BCUT2D eigenvalue weighted by molar-refractivity contribution is -0.115. The zero-order valence-corrected chi connectivity index (χ0v) is 13.0. The summed E-state index contributed by atoms with van der Waals surface area (Å²) in [4.78, 5) is 15.8. The molecule has 1 amide bonds. The molecule has 0 saturated carbocycles. The van der Waals surface area contributed by atoms with Gasteiger partial charge in [-0.2, -0.15) is 0 Å². The first-order chi connectivity index (χ1) is 9.63. The number of hydrogen-bond donors (Lipinski definition) is 1. The van der Waals surface area contributed by atoms with Crippen molar-refractivity contribution < 1.29 is 4.79 Å². The Morgan fingerprint density at radius 3 is 2.60 bits per heavy atom. The SMILES string of the molecule is CCC(=O)Nc1nc(-c2ccc(C(C)CC)cc2)cs1. The zero-order chi connectivity index (χ0) is 14.5. The van der Waals surface area contributed by atoms with Gasteiger partial charge < -0.3 is 5.32 Å². The highest BCUT2D eigenvalue weighted by Crippen LogP contribution is 2.27. The van der Waals surface area contributed by atoms with Crippen LogP contribution in [0.1, 0.15) is 45.1 Å². The predicted octanol–water partition coefficient (Wildman–Crippen LogP) is 4.67. The van der Waals surface area contributed by atoms with E-state index in [4.69, 9.17) is 0 Å². The molecule has 2 rings (SSSR count). The molecule has 0 saturated heterocycles. The Kier molecular flexibility index (Phi) is 4.90. The Bertz CT molecular complexity index is 574. The van der Waals surface area contributed by atoms with Crippen LogP contribution in [0.4, 0.5) is 5.13 Å². The van der Waals surface area contributed by atoms with Crippen LogP contribution in [0.2, 0.25) is 0 Å². The molecule has 3 nitrogen and oxygen atoms in total. The maximum atomic E-state index is 11.3. The summed E-state index contributed by atoms with van der Waals surface area (Å²) < 4.78 is 0. The summed E-state index contributed by atoms with van der Waals surface area (Å²) in [7, 11) is 0. The quantitative estimate of drug-likeness (QED) is 0.868. The van der Waals surface area contributed by atoms with Gasteiger partial charge in [-0.15, -0.1) is 11.3 Å². The number of carbonyl (C=O) groups excluding carboxylic acids is 1. The van der Waals surface area contributed by atoms with Gasteiger partial charge in [-0.1, -0.05) is 45.0 Å². The van der Waals surface area contributed by atoms with Crippen molar-refractivity contribution >= 4 is 22.4 Å². The number of anilines is 1. The first kappa shape index (κ1) is 14.7. The van der Waals surface area contributed by atoms with E-state index in [9.17, 15) is 4.79 Å². The number of aromatic nitrogens is 1. The van der Waals surface area contributed by atoms with Crippen LogP contribution in [-0.2, 0) is 4.79 Å². The molecule has 1 heterocycles. The molecular formula is C16H20N2OS. The molecule has 0 aliphatic heterocycles. The molecule has 1 N–H and O–H groups in total. The second kappa shape index (κ2) is 6.66. The molecule has 2 aromatic rings. The number of thiazole rings is 1. The molecule has 106 valence electrons. The largest absolute Gasteiger partial charge is 0.302 e. The molecule has 4 heteroatoms. The number of rotatable bonds is 5. The average molecular weight is 288 g/mol. The van der Waals surface area contributed by atoms with Crippen molar-refractivity contribution in [3.63, 3.8) is 0 Å². The van der Waals surface area contributed by atoms with E-state index in [-0.39, 0.29) is 5.91 Å². The van der Waals surface area contributed by atoms with E-state index in [1.54, 1.807) is 0 Å². The summed E-state index contributed by atoms with van der Waals surface area (Å²) in [6.45, 7) is 6.26. The van der Waals surface area contributed by atoms with Gasteiger partial charge in [0.15, 0.2) is 5.13 Å². The number of benzene rings is 1. The Hall–Kier alpha value is -1.68. The van der Waals surface area contributed by atoms with Crippen molar-refractivity contribution in [1.82, 2.24) is 4.98 Å². The van der Waals surface area contributed by atoms with Gasteiger partial charge in [0.1, 0.15) is 0 Å². The molecule has 0 spiro atoms. The summed E-state index contributed by atoms with van der Waals surface area (Å²) in [6.07, 6.45) is 1.61. The van der Waals surface area contributed by atoms with Gasteiger partial charge in [-0.3, -0.25) is 4.79 Å². The molecule has 0 aliphatic carbocycles. The molecule has 20 heavy (non-hydrogen) atoms. The summed E-state index contributed by atoms with van der Waals surface area (Å²) in [5.74, 6) is 0.580. The van der Waals surface area contributed by atoms with Crippen LogP contribution in [0.25, 0.3) is 11.3 Å². The normalized spacial score (nSPS) is 12.2. The van der Waals surface area contributed by atoms with Crippen LogP contribution >= 0.6 is 11.3 Å². The highest BCUT2D eigenvalue weighted by atomic mass is 32.1. The van der Waals surface area contributed by atoms with Crippen molar-refractivity contribution in [3.05, 3.63) is 35.2 Å². The summed E-state index contributed by atoms with van der Waals surface area (Å²) in [6, 6.07) is 8.52. The molecule has 0 bridgehead atoms. The van der Waals surface area contributed by atoms with Crippen molar-refractivity contribution in [2.45, 2.75) is 39.5 Å². The third kappa shape index (κ3) is 3.45. The molecule has 0 fully saturated rings. The van der Waals surface area contributed by atoms with E-state index in [2.05, 4.69) is 48.4 Å². The van der Waals surface area contributed by atoms with Crippen LogP contribution in [0.5, 0.6) is 0 Å². The number of carbonyl (C=O) groups is 1. The monoisotopic (exact) mass is 288 g/mol. The highest BCUT2D eigenvalue weighted by Gasteiger charge is 2.08. The maximum Gasteiger partial charge on any atom is 0.225 e. The fraction of sp³-hybridized carbons (Fsp3) is 0.375. The van der Waals surface area contributed by atoms with Gasteiger partial charge in [-0.05, 0) is 17.9 Å². The van der Waals surface area contributed by atoms with Gasteiger partial charge in [0.05, 0.1) is 5.69 Å². The van der Waals surface area contributed by atoms with E-state index >= 15 is 0 Å². The fourth-order valence-electron chi connectivity index (χ4n) is 1.89. The van der Waals surface area contributed by atoms with Gasteiger partial charge in [-0.25, -0.2) is 4.98 Å². The molecular weight excluding hydrogens is 268 g/mol. The zero-order valence-electron chi connectivity index (χ0n) is 12.1. The lowest BCUT2D eigenvalue weighted by Gasteiger charge is -2.08. The van der Waals surface area contributed by atoms with Crippen LogP contribution in [-0.4, -0.2) is 10.9 Å². The van der Waals surface area contributed by atoms with Crippen molar-refractivity contribution in [2.24, 2.45) is 0 Å². The molecule has 1 aromatic carbocycles. The van der Waals surface area contributed by atoms with Gasteiger partial charge >= 0.3 is 0 Å². The minimum absolute atomic E-state index is 0.00183. The second-order valence-corrected chi connectivity index (χ2v) is 5.73. The van der Waals surface area contributed by atoms with E-state index in [0.717, 1.165) is 17.7 Å². The summed E-state index contributed by atoms with van der Waals surface area (Å²) >= 11 is 1.46. The minimum atomic E-state index is -0.00183. The average Bonchev–Trinajstić information content (AvgIpc) is 2.95. The molecule has 1 unspecified atom stereocenters. The lowest BCUT2D eigenvalue weighted by atomic mass is 9.97. The Morgan fingerprint density at radius 2 is 2.00 bits per heavy atom. The summed E-state index contributed by atoms with van der Waals surface area (Å²) in [5.41, 5.74) is 3.35. The standard InChI is InChI=1S/C16H20N2OS/c1-4-11(3)12-6-8-13(9-7-12)14-10-20-16(17-14)18-15(19)5-2/h6-11H,4-5H2,1-3H3,(H,17,18,19). The Morgan fingerprint density at radius 1 is 1.30 bits per heavy atom. The molecule has 0 aliphatic rings. The third-order valence-corrected chi connectivity index (χ3v) is 4.22. The fourth-order valence-corrected chi connectivity index (χ4v) is 2.63. The van der Waals surface area contributed by atoms with Crippen LogP contribution in [0.3, 0.4) is 0 Å². The van der Waals surface area contributed by atoms with Crippen molar-refractivity contribution in [1.29, 1.82) is 0 Å². The van der Waals surface area contributed by atoms with Crippen LogP contribution < -0.4 is 5.32 Å². The van der Waals surface area contributed by atoms with Crippen LogP contribution in [0, 0.1) is 0 Å². The van der Waals surface area contributed by atoms with Gasteiger partial charge in [0, 0.05) is 17.4 Å². The van der Waals surface area contributed by atoms with Gasteiger partial charge in [0.2, 0.25) is 5.91 Å². The molecule has 1 aromatic heterocycles. The number of amides is 1. The van der Waals surface area contributed by atoms with Crippen LogP contribution in [0.15, 0.2) is 29.6 Å². The van der Waals surface area contributed by atoms with E-state index < -0.39 is 0 Å². The first-order valence-electron chi connectivity index (χ1n) is 6.99. The van der Waals surface area contributed by atoms with Crippen molar-refractivity contribution in [2.75, 3.05) is 5.32 Å². The van der Waals surface area contributed by atoms with Gasteiger partial charge in [0.25, 0.3) is 0 Å². The topological polar surface area (TPSA) is 42.0 Å². The Balaban J connectivity index is 2.14. The van der Waals surface area contributed by atoms with Crippen molar-refractivity contribution in [3.8, 4) is 11.3 Å². The first-order valence-corrected chi connectivity index (χ1v) is 7.87. The number of hydrogen-bond acceptors (Lipinski definition) is 3. The Labute approximate surface area is 124 Å². The number of nitrogens with one attached hydrogen (secondary N) is 1. The van der Waals surface area contributed by atoms with E-state index in [1.165, 1.54) is 16.9 Å². The maximum absolute atomic E-state index is 11.3. The predicted molar refractivity (Wildman–Crippen MR) is 85.2 cm³/mol. The lowest BCUT2D eigenvalue weighted by Crippen LogP contribution is -2.08. The molecule has 1 atom stereocenters. The second-order valence-electron chi connectivity index (χ2n) is 4.87. The highest BCUT2D eigenvalue weighted by molar-refractivity contribution is 7.14. The smallest absolute Gasteiger partial charge is 0.225 e. The third-order valence-electron chi connectivity index (χ3n) is 3.46. The summed E-state index contributed by atoms with van der Waals surface area (Å²) in [5, 5.41) is 5.43. The number of nitrogens with zero attached hydrogens (tertiary/aromatic N) is 1. The van der Waals surface area contributed by atoms with E-state index in [0.29, 0.717) is 17.5 Å². The molecule has 0 radical (unpaired) electrons. The minimum Gasteiger partial charge on any atom is -0.302 e.